The van der Waals surface area contributed by atoms with Crippen LogP contribution in [0.15, 0.2) is 87.6 Å². The number of rotatable bonds is 12. The molecule has 2 aromatic carbocycles. The van der Waals surface area contributed by atoms with Gasteiger partial charge in [-0.25, -0.2) is 29.9 Å². The second-order valence-corrected chi connectivity index (χ2v) is 17.3. The number of nitrogens with zero attached hydrogens (tertiary/aromatic N) is 14. The smallest absolute Gasteiger partial charge is 0.229 e. The first-order chi connectivity index (χ1) is 28.7. The molecule has 14 nitrogen and oxygen atoms in total. The molecular formula is C41H44Cl2N14S2. The van der Waals surface area contributed by atoms with Crippen LogP contribution in [0.4, 0.5) is 11.9 Å². The van der Waals surface area contributed by atoms with Crippen molar-refractivity contribution in [1.82, 2.24) is 59.6 Å². The van der Waals surface area contributed by atoms with E-state index < -0.39 is 0 Å². The molecule has 0 N–H and O–H groups in total. The van der Waals surface area contributed by atoms with E-state index in [0.717, 1.165) is 80.4 Å². The normalized spacial score (nSPS) is 16.5. The fraction of sp³-hybridized carbons (Fsp3) is 0.366. The summed E-state index contributed by atoms with van der Waals surface area (Å²) in [5.74, 6) is 2.77. The van der Waals surface area contributed by atoms with Crippen LogP contribution in [0.3, 0.4) is 0 Å². The van der Waals surface area contributed by atoms with Crippen molar-refractivity contribution in [3.05, 3.63) is 94.2 Å². The van der Waals surface area contributed by atoms with Crippen LogP contribution in [-0.4, -0.2) is 126 Å². The lowest BCUT2D eigenvalue weighted by atomic mass is 10.1. The Kier molecular flexibility index (Phi) is 13.1. The van der Waals surface area contributed by atoms with Gasteiger partial charge in [-0.2, -0.15) is 19.9 Å². The molecule has 8 rings (SSSR count). The molecule has 0 saturated carbocycles. The Balaban J connectivity index is 1.05. The third-order valence-corrected chi connectivity index (χ3v) is 12.3. The molecule has 304 valence electrons. The zero-order chi connectivity index (χ0) is 40.9. The lowest BCUT2D eigenvalue weighted by Gasteiger charge is -2.40. The standard InChI is InChI=1S/C41H44Cl2N14S2/c1-5-33-47-37(53-40(49-33)59-39-45-24-26(2)35(51-39)27-9-7-6-8-10-27)57-22-19-55(4)25-29(57)12-14-34-48-36(56-20-17-54(3)18-21-56)52-41(50-34)58-38-44-16-15-32(46-38)30-23-28(42)11-13-31(30)43/h6-11,13,15-16,23-24,29H,5,12,14,17-22,25H2,1-4H3. The lowest BCUT2D eigenvalue weighted by molar-refractivity contribution is 0.257. The summed E-state index contributed by atoms with van der Waals surface area (Å²) in [6.45, 7) is 10.1. The van der Waals surface area contributed by atoms with Gasteiger partial charge in [0.15, 0.2) is 10.3 Å². The van der Waals surface area contributed by atoms with Crippen molar-refractivity contribution < 1.29 is 0 Å². The van der Waals surface area contributed by atoms with Gasteiger partial charge in [0.1, 0.15) is 11.6 Å². The number of halogens is 2. The van der Waals surface area contributed by atoms with Gasteiger partial charge in [0.05, 0.1) is 16.4 Å². The molecule has 4 aromatic heterocycles. The summed E-state index contributed by atoms with van der Waals surface area (Å²) in [7, 11) is 4.29. The molecule has 59 heavy (non-hydrogen) atoms. The highest BCUT2D eigenvalue weighted by Gasteiger charge is 2.29. The van der Waals surface area contributed by atoms with E-state index >= 15 is 0 Å². The Morgan fingerprint density at radius 1 is 0.695 bits per heavy atom. The minimum absolute atomic E-state index is 0.0985. The predicted molar refractivity (Wildman–Crippen MR) is 234 cm³/mol. The van der Waals surface area contributed by atoms with Crippen molar-refractivity contribution in [2.45, 2.75) is 59.8 Å². The van der Waals surface area contributed by atoms with Crippen LogP contribution in [0.25, 0.3) is 22.5 Å². The fourth-order valence-corrected chi connectivity index (χ4v) is 8.76. The maximum Gasteiger partial charge on any atom is 0.229 e. The second kappa shape index (κ2) is 18.8. The zero-order valence-corrected chi connectivity index (χ0v) is 36.5. The molecule has 0 spiro atoms. The Morgan fingerprint density at radius 2 is 1.41 bits per heavy atom. The molecule has 0 radical (unpaired) electrons. The molecule has 2 fully saturated rings. The van der Waals surface area contributed by atoms with E-state index in [9.17, 15) is 0 Å². The van der Waals surface area contributed by atoms with E-state index in [1.165, 1.54) is 23.5 Å². The van der Waals surface area contributed by atoms with Crippen LogP contribution in [0, 0.1) is 6.92 Å². The van der Waals surface area contributed by atoms with Crippen molar-refractivity contribution in [2.24, 2.45) is 0 Å². The van der Waals surface area contributed by atoms with E-state index in [1.807, 2.05) is 37.4 Å². The van der Waals surface area contributed by atoms with Crippen LogP contribution in [-0.2, 0) is 12.8 Å². The van der Waals surface area contributed by atoms with Gasteiger partial charge >= 0.3 is 0 Å². The van der Waals surface area contributed by atoms with E-state index in [2.05, 4.69) is 62.7 Å². The van der Waals surface area contributed by atoms with Crippen molar-refractivity contribution >= 4 is 58.6 Å². The molecule has 0 amide bonds. The molecule has 1 atom stereocenters. The summed E-state index contributed by atoms with van der Waals surface area (Å²) in [5.41, 5.74) is 4.34. The summed E-state index contributed by atoms with van der Waals surface area (Å²) in [4.78, 5) is 57.9. The van der Waals surface area contributed by atoms with E-state index in [-0.39, 0.29) is 6.04 Å². The third-order valence-electron chi connectivity index (χ3n) is 10.2. The van der Waals surface area contributed by atoms with Crippen LogP contribution < -0.4 is 9.80 Å². The number of aryl methyl sites for hydroxylation is 3. The number of hydrogen-bond acceptors (Lipinski definition) is 16. The summed E-state index contributed by atoms with van der Waals surface area (Å²) < 4.78 is 0. The maximum atomic E-state index is 6.53. The van der Waals surface area contributed by atoms with Gasteiger partial charge in [0.25, 0.3) is 0 Å². The molecule has 18 heteroatoms. The van der Waals surface area contributed by atoms with Gasteiger partial charge in [-0.15, -0.1) is 0 Å². The molecular weight excluding hydrogens is 824 g/mol. The number of aromatic nitrogens is 10. The van der Waals surface area contributed by atoms with E-state index in [1.54, 1.807) is 24.4 Å². The maximum absolute atomic E-state index is 6.53. The molecule has 6 aromatic rings. The third kappa shape index (κ3) is 10.2. The molecule has 6 heterocycles. The predicted octanol–water partition coefficient (Wildman–Crippen LogP) is 6.96. The quantitative estimate of drug-likeness (QED) is 0.117. The van der Waals surface area contributed by atoms with Crippen molar-refractivity contribution in [3.8, 4) is 22.5 Å². The summed E-state index contributed by atoms with van der Waals surface area (Å²) in [6, 6.07) is 17.4. The first-order valence-corrected chi connectivity index (χ1v) is 22.0. The van der Waals surface area contributed by atoms with Gasteiger partial charge < -0.3 is 19.6 Å². The van der Waals surface area contributed by atoms with E-state index in [4.69, 9.17) is 63.1 Å². The highest BCUT2D eigenvalue weighted by Crippen LogP contribution is 2.32. The van der Waals surface area contributed by atoms with Crippen molar-refractivity contribution in [2.75, 3.05) is 69.7 Å². The number of piperazine rings is 2. The molecule has 2 aliphatic rings. The van der Waals surface area contributed by atoms with Crippen LogP contribution in [0.2, 0.25) is 10.0 Å². The van der Waals surface area contributed by atoms with Crippen molar-refractivity contribution in [3.63, 3.8) is 0 Å². The molecule has 2 saturated heterocycles. The number of hydrogen-bond donors (Lipinski definition) is 0. The Hall–Kier alpha value is -4.58. The van der Waals surface area contributed by atoms with Crippen LogP contribution in [0.1, 0.15) is 30.6 Å². The number of likely N-dealkylation sites (N-methyl/N-ethyl adjacent to an activating group) is 2. The van der Waals surface area contributed by atoms with Crippen LogP contribution >= 0.6 is 46.7 Å². The van der Waals surface area contributed by atoms with Gasteiger partial charge in [-0.1, -0.05) is 60.5 Å². The molecule has 2 aliphatic heterocycles. The lowest BCUT2D eigenvalue weighted by Crippen LogP contribution is -2.53. The Morgan fingerprint density at radius 3 is 2.19 bits per heavy atom. The second-order valence-electron chi connectivity index (χ2n) is 14.6. The molecule has 1 unspecified atom stereocenters. The minimum atomic E-state index is 0.0985. The van der Waals surface area contributed by atoms with Crippen LogP contribution in [0.5, 0.6) is 0 Å². The highest BCUT2D eigenvalue weighted by molar-refractivity contribution is 7.99. The Labute approximate surface area is 362 Å². The first-order valence-electron chi connectivity index (χ1n) is 19.6. The molecule has 0 bridgehead atoms. The zero-order valence-electron chi connectivity index (χ0n) is 33.3. The number of anilines is 2. The topological polar surface area (TPSA) is 142 Å². The SMILES string of the molecule is CCc1nc(Sc2ncc(C)c(-c3ccccc3)n2)nc(N2CCN(C)CC2CCc2nc(Sc3nccc(-c4cc(Cl)ccc4Cl)n3)nc(N3CCN(C)CC3)n2)n1. The van der Waals surface area contributed by atoms with Gasteiger partial charge in [-0.3, -0.25) is 0 Å². The summed E-state index contributed by atoms with van der Waals surface area (Å²) in [6.07, 6.45) is 5.64. The minimum Gasteiger partial charge on any atom is -0.338 e. The monoisotopic (exact) mass is 866 g/mol. The van der Waals surface area contributed by atoms with Gasteiger partial charge in [0.2, 0.25) is 22.2 Å². The molecule has 0 aliphatic carbocycles. The average Bonchev–Trinajstić information content (AvgIpc) is 3.25. The van der Waals surface area contributed by atoms with Crippen molar-refractivity contribution in [1.29, 1.82) is 0 Å². The largest absolute Gasteiger partial charge is 0.338 e. The fourth-order valence-electron chi connectivity index (χ4n) is 6.99. The highest BCUT2D eigenvalue weighted by atomic mass is 35.5. The first kappa shape index (κ1) is 41.2. The Bertz CT molecular complexity index is 2400. The number of benzene rings is 2. The van der Waals surface area contributed by atoms with E-state index in [0.29, 0.717) is 66.9 Å². The summed E-state index contributed by atoms with van der Waals surface area (Å²) in [5, 5.41) is 3.34. The van der Waals surface area contributed by atoms with Gasteiger partial charge in [-0.05, 0) is 80.8 Å². The average molecular weight is 868 g/mol. The summed E-state index contributed by atoms with van der Waals surface area (Å²) >= 11 is 15.5. The van der Waals surface area contributed by atoms with Gasteiger partial charge in [0, 0.05) is 93.2 Å².